The van der Waals surface area contributed by atoms with E-state index in [1.165, 1.54) is 112 Å². The van der Waals surface area contributed by atoms with Crippen molar-refractivity contribution in [1.82, 2.24) is 5.43 Å². The number of hydrazone groups is 1. The number of nitrogens with zero attached hydrogens (tertiary/aromatic N) is 4. The van der Waals surface area contributed by atoms with Gasteiger partial charge < -0.3 is 14.2 Å². The van der Waals surface area contributed by atoms with E-state index in [4.69, 9.17) is 14.2 Å². The Kier molecular flexibility index (Phi) is 14.3. The normalized spacial score (nSPS) is 12.9. The summed E-state index contributed by atoms with van der Waals surface area (Å²) in [5.41, 5.74) is 4.87. The third-order valence-corrected chi connectivity index (χ3v) is 8.73. The number of hydrogen-bond acceptors (Lipinski definition) is 7. The van der Waals surface area contributed by atoms with Gasteiger partial charge in [-0.25, -0.2) is 14.4 Å². The Balaban J connectivity index is 1.08. The Morgan fingerprint density at radius 3 is 1.55 bits per heavy atom. The highest BCUT2D eigenvalue weighted by molar-refractivity contribution is 6.10. The molecule has 0 N–H and O–H groups in total. The molecule has 1 heterocycles. The standard InChI is InChI=1S/C42H44F3N4O6/c1-3-4-5-6-7-8-9-10-11-12-29-53-35-23-15-31(16-24-35)38(50)54-36-25-17-32(18-26-36)39(51)55-37-27-21-34(22-28-37)49-41(52)48(33-19-13-30(2)14-20-33)46-40(47-49)42(43,44)45/h13-28H,3-12,29H2,1-2H3. The monoisotopic (exact) mass is 757 g/mol. The Bertz CT molecular complexity index is 1900. The van der Waals surface area contributed by atoms with Crippen molar-refractivity contribution in [3.8, 4) is 17.2 Å². The average Bonchev–Trinajstić information content (AvgIpc) is 3.18. The molecule has 1 aliphatic rings. The van der Waals surface area contributed by atoms with Crippen LogP contribution in [0.3, 0.4) is 0 Å². The zero-order valence-electron chi connectivity index (χ0n) is 30.9. The molecule has 0 saturated heterocycles. The smallest absolute Gasteiger partial charge is 0.455 e. The van der Waals surface area contributed by atoms with Crippen LogP contribution < -0.4 is 29.7 Å². The average molecular weight is 758 g/mol. The Labute approximate surface area is 318 Å². The van der Waals surface area contributed by atoms with E-state index in [-0.39, 0.29) is 28.4 Å². The van der Waals surface area contributed by atoms with E-state index in [9.17, 15) is 27.6 Å². The number of benzene rings is 4. The largest absolute Gasteiger partial charge is 0.494 e. The lowest BCUT2D eigenvalue weighted by atomic mass is 10.1. The molecule has 10 nitrogen and oxygen atoms in total. The molecule has 0 unspecified atom stereocenters. The molecule has 55 heavy (non-hydrogen) atoms. The van der Waals surface area contributed by atoms with E-state index in [1.807, 2.05) is 0 Å². The van der Waals surface area contributed by atoms with Crippen molar-refractivity contribution in [1.29, 1.82) is 0 Å². The van der Waals surface area contributed by atoms with E-state index in [2.05, 4.69) is 17.5 Å². The van der Waals surface area contributed by atoms with Gasteiger partial charge in [-0.15, -0.1) is 10.5 Å². The molecule has 2 amide bonds. The quantitative estimate of drug-likeness (QED) is 0.0567. The van der Waals surface area contributed by atoms with Crippen LogP contribution in [0.25, 0.3) is 0 Å². The maximum Gasteiger partial charge on any atom is 0.455 e. The molecule has 1 aliphatic heterocycles. The van der Waals surface area contributed by atoms with Crippen LogP contribution in [-0.2, 0) is 0 Å². The minimum atomic E-state index is -4.93. The Hall–Kier alpha value is -5.85. The van der Waals surface area contributed by atoms with Gasteiger partial charge in [0.15, 0.2) is 0 Å². The first-order chi connectivity index (χ1) is 26.5. The second-order valence-electron chi connectivity index (χ2n) is 13.1. The predicted octanol–water partition coefficient (Wildman–Crippen LogP) is 10.6. The van der Waals surface area contributed by atoms with E-state index >= 15 is 0 Å². The van der Waals surface area contributed by atoms with E-state index in [1.54, 1.807) is 43.3 Å². The fourth-order valence-corrected chi connectivity index (χ4v) is 5.63. The summed E-state index contributed by atoms with van der Waals surface area (Å²) in [6, 6.07) is 23.0. The molecule has 13 heteroatoms. The molecule has 0 fully saturated rings. The summed E-state index contributed by atoms with van der Waals surface area (Å²) in [6.07, 6.45) is 7.56. The molecular formula is C42H44F3N4O6. The van der Waals surface area contributed by atoms with E-state index in [0.29, 0.717) is 27.9 Å². The summed E-state index contributed by atoms with van der Waals surface area (Å²) in [7, 11) is 0. The summed E-state index contributed by atoms with van der Waals surface area (Å²) >= 11 is 0. The third kappa shape index (κ3) is 11.8. The summed E-state index contributed by atoms with van der Waals surface area (Å²) < 4.78 is 57.7. The number of rotatable bonds is 18. The zero-order chi connectivity index (χ0) is 39.2. The molecule has 4 aromatic carbocycles. The van der Waals surface area contributed by atoms with Crippen molar-refractivity contribution >= 4 is 35.2 Å². The lowest BCUT2D eigenvalue weighted by Gasteiger charge is -2.32. The maximum absolute atomic E-state index is 13.7. The van der Waals surface area contributed by atoms with Crippen LogP contribution in [0.15, 0.2) is 102 Å². The number of ether oxygens (including phenoxy) is 3. The SMILES string of the molecule is CCCCCCCCCCCCOc1ccc(C(=O)Oc2ccc(C(=O)Oc3ccc(N4[N]C(C(F)(F)F)=NN(c5ccc(C)cc5)C4=O)cc3)cc2)cc1. The molecule has 1 radical (unpaired) electrons. The minimum absolute atomic E-state index is 0.0174. The molecule has 0 saturated carbocycles. The van der Waals surface area contributed by atoms with Crippen molar-refractivity contribution in [2.45, 2.75) is 84.2 Å². The van der Waals surface area contributed by atoms with Crippen LogP contribution in [0, 0.1) is 6.92 Å². The van der Waals surface area contributed by atoms with Crippen LogP contribution in [0.4, 0.5) is 29.3 Å². The lowest BCUT2D eigenvalue weighted by molar-refractivity contribution is -0.0625. The number of anilines is 2. The van der Waals surface area contributed by atoms with Gasteiger partial charge in [0.25, 0.3) is 5.84 Å². The number of urea groups is 1. The number of halogens is 3. The Morgan fingerprint density at radius 2 is 1.04 bits per heavy atom. The van der Waals surface area contributed by atoms with Crippen LogP contribution in [0.1, 0.15) is 97.4 Å². The highest BCUT2D eigenvalue weighted by Crippen LogP contribution is 2.29. The fraction of sp³-hybridized carbons (Fsp3) is 0.333. The molecule has 0 atom stereocenters. The molecule has 0 spiro atoms. The summed E-state index contributed by atoms with van der Waals surface area (Å²) in [6.45, 7) is 4.65. The number of amidine groups is 1. The number of alkyl halides is 3. The van der Waals surface area contributed by atoms with Gasteiger partial charge in [-0.2, -0.15) is 23.2 Å². The van der Waals surface area contributed by atoms with Gasteiger partial charge in [-0.1, -0.05) is 82.4 Å². The van der Waals surface area contributed by atoms with Crippen LogP contribution in [0.5, 0.6) is 17.2 Å². The minimum Gasteiger partial charge on any atom is -0.494 e. The van der Waals surface area contributed by atoms with Crippen LogP contribution in [-0.4, -0.2) is 36.6 Å². The van der Waals surface area contributed by atoms with Gasteiger partial charge >= 0.3 is 24.1 Å². The van der Waals surface area contributed by atoms with Crippen molar-refractivity contribution < 1.29 is 41.8 Å². The van der Waals surface area contributed by atoms with Crippen molar-refractivity contribution in [2.75, 3.05) is 16.6 Å². The highest BCUT2D eigenvalue weighted by atomic mass is 19.4. The highest BCUT2D eigenvalue weighted by Gasteiger charge is 2.45. The van der Waals surface area contributed by atoms with Gasteiger partial charge in [-0.05, 0) is 98.3 Å². The predicted molar refractivity (Wildman–Crippen MR) is 204 cm³/mol. The lowest BCUT2D eigenvalue weighted by Crippen LogP contribution is -2.55. The fourth-order valence-electron chi connectivity index (χ4n) is 5.63. The number of amides is 2. The van der Waals surface area contributed by atoms with Gasteiger partial charge in [0.1, 0.15) is 17.2 Å². The Morgan fingerprint density at radius 1 is 0.600 bits per heavy atom. The summed E-state index contributed by atoms with van der Waals surface area (Å²) in [5.74, 6) is -1.89. The van der Waals surface area contributed by atoms with E-state index < -0.39 is 30.0 Å². The molecule has 289 valence electrons. The third-order valence-electron chi connectivity index (χ3n) is 8.73. The van der Waals surface area contributed by atoms with E-state index in [0.717, 1.165) is 18.4 Å². The first-order valence-corrected chi connectivity index (χ1v) is 18.5. The maximum atomic E-state index is 13.7. The topological polar surface area (TPSA) is 112 Å². The second kappa shape index (κ2) is 19.5. The summed E-state index contributed by atoms with van der Waals surface area (Å²) in [4.78, 5) is 38.7. The van der Waals surface area contributed by atoms with Gasteiger partial charge in [0, 0.05) is 0 Å². The number of carbonyl (C=O) groups excluding carboxylic acids is 3. The number of unbranched alkanes of at least 4 members (excludes halogenated alkanes) is 9. The van der Waals surface area contributed by atoms with Crippen LogP contribution in [0.2, 0.25) is 0 Å². The molecule has 4 aromatic rings. The van der Waals surface area contributed by atoms with Gasteiger partial charge in [0.2, 0.25) is 0 Å². The molecule has 0 bridgehead atoms. The number of esters is 2. The molecule has 5 rings (SSSR count). The van der Waals surface area contributed by atoms with Crippen LogP contribution >= 0.6 is 0 Å². The summed E-state index contributed by atoms with van der Waals surface area (Å²) in [5, 5.41) is 4.63. The molecule has 0 aromatic heterocycles. The molecular weight excluding hydrogens is 713 g/mol. The van der Waals surface area contributed by atoms with Crippen molar-refractivity contribution in [2.24, 2.45) is 5.10 Å². The number of hydrogen-bond donors (Lipinski definition) is 0. The van der Waals surface area contributed by atoms with Gasteiger partial charge in [-0.3, -0.25) is 0 Å². The number of carbonyl (C=O) groups is 3. The number of aryl methyl sites for hydroxylation is 1. The second-order valence-corrected chi connectivity index (χ2v) is 13.1. The zero-order valence-corrected chi connectivity index (χ0v) is 30.9. The first-order valence-electron chi connectivity index (χ1n) is 18.5. The van der Waals surface area contributed by atoms with Crippen molar-refractivity contribution in [3.63, 3.8) is 0 Å². The molecule has 0 aliphatic carbocycles. The van der Waals surface area contributed by atoms with Gasteiger partial charge in [0.05, 0.1) is 29.1 Å². The first kappa shape index (κ1) is 40.3. The van der Waals surface area contributed by atoms with Crippen molar-refractivity contribution in [3.05, 3.63) is 114 Å².